The third-order valence-corrected chi connectivity index (χ3v) is 2.89. The van der Waals surface area contributed by atoms with Gasteiger partial charge in [-0.1, -0.05) is 5.16 Å². The molecule has 0 aliphatic carbocycles. The number of hydrogen-bond donors (Lipinski definition) is 2. The summed E-state index contributed by atoms with van der Waals surface area (Å²) in [4.78, 5) is 14.6. The second-order valence-corrected chi connectivity index (χ2v) is 4.34. The number of nitrogens with one attached hydrogen (secondary N) is 1. The zero-order valence-corrected chi connectivity index (χ0v) is 11.0. The van der Waals surface area contributed by atoms with Gasteiger partial charge in [0, 0.05) is 5.56 Å². The van der Waals surface area contributed by atoms with Gasteiger partial charge in [0.2, 0.25) is 0 Å². The van der Waals surface area contributed by atoms with Crippen molar-refractivity contribution < 1.29 is 14.4 Å². The first-order valence-corrected chi connectivity index (χ1v) is 5.87. The number of rotatable bonds is 4. The molecule has 100 valence electrons. The minimum Gasteiger partial charge on any atom is -0.477 e. The summed E-state index contributed by atoms with van der Waals surface area (Å²) in [7, 11) is 0. The Morgan fingerprint density at radius 1 is 1.42 bits per heavy atom. The number of anilines is 1. The molecule has 0 fully saturated rings. The molecule has 0 aliphatic rings. The van der Waals surface area contributed by atoms with Crippen molar-refractivity contribution in [2.24, 2.45) is 0 Å². The summed E-state index contributed by atoms with van der Waals surface area (Å²) >= 11 is 0. The Morgan fingerprint density at radius 3 is 2.63 bits per heavy atom. The van der Waals surface area contributed by atoms with E-state index in [1.807, 2.05) is 20.8 Å². The van der Waals surface area contributed by atoms with Crippen LogP contribution in [0.5, 0.6) is 0 Å². The van der Waals surface area contributed by atoms with Crippen molar-refractivity contribution in [3.05, 3.63) is 41.0 Å². The SMILES string of the molecule is Cc1noc(C)c1C(C)Nc1ccc(C(=O)O)nc1. The van der Waals surface area contributed by atoms with Crippen LogP contribution in [0.25, 0.3) is 0 Å². The Bertz CT molecular complexity index is 570. The van der Waals surface area contributed by atoms with Crippen LogP contribution in [0.15, 0.2) is 22.9 Å². The normalized spacial score (nSPS) is 12.2. The lowest BCUT2D eigenvalue weighted by molar-refractivity contribution is 0.0690. The molecular weight excluding hydrogens is 246 g/mol. The minimum absolute atomic E-state index is 0.00345. The predicted molar refractivity (Wildman–Crippen MR) is 69.2 cm³/mol. The number of nitrogens with zero attached hydrogens (tertiary/aromatic N) is 2. The third-order valence-electron chi connectivity index (χ3n) is 2.89. The lowest BCUT2D eigenvalue weighted by Gasteiger charge is -2.14. The maximum atomic E-state index is 10.7. The number of aryl methyl sites for hydroxylation is 2. The number of aromatic carboxylic acids is 1. The first-order chi connectivity index (χ1) is 8.99. The number of carboxylic acid groups (broad SMARTS) is 1. The zero-order chi connectivity index (χ0) is 14.0. The van der Waals surface area contributed by atoms with Crippen molar-refractivity contribution in [3.8, 4) is 0 Å². The van der Waals surface area contributed by atoms with Gasteiger partial charge in [-0.15, -0.1) is 0 Å². The molecule has 0 amide bonds. The van der Waals surface area contributed by atoms with E-state index in [1.54, 1.807) is 6.07 Å². The third kappa shape index (κ3) is 2.73. The van der Waals surface area contributed by atoms with Crippen LogP contribution in [0.4, 0.5) is 5.69 Å². The smallest absolute Gasteiger partial charge is 0.354 e. The van der Waals surface area contributed by atoms with E-state index < -0.39 is 5.97 Å². The molecule has 19 heavy (non-hydrogen) atoms. The van der Waals surface area contributed by atoms with E-state index >= 15 is 0 Å². The molecule has 0 saturated heterocycles. The van der Waals surface area contributed by atoms with Crippen molar-refractivity contribution in [2.75, 3.05) is 5.32 Å². The molecule has 1 unspecified atom stereocenters. The van der Waals surface area contributed by atoms with E-state index in [4.69, 9.17) is 9.63 Å². The van der Waals surface area contributed by atoms with Gasteiger partial charge >= 0.3 is 5.97 Å². The molecule has 6 nitrogen and oxygen atoms in total. The molecule has 2 rings (SSSR count). The Morgan fingerprint density at radius 2 is 2.16 bits per heavy atom. The zero-order valence-electron chi connectivity index (χ0n) is 11.0. The molecule has 0 aromatic carbocycles. The van der Waals surface area contributed by atoms with Crippen molar-refractivity contribution in [2.45, 2.75) is 26.8 Å². The van der Waals surface area contributed by atoms with Gasteiger partial charge in [0.25, 0.3) is 0 Å². The van der Waals surface area contributed by atoms with E-state index in [1.165, 1.54) is 12.3 Å². The number of aromatic nitrogens is 2. The van der Waals surface area contributed by atoms with E-state index in [0.717, 1.165) is 22.7 Å². The molecule has 0 radical (unpaired) electrons. The molecule has 2 N–H and O–H groups in total. The summed E-state index contributed by atoms with van der Waals surface area (Å²) in [5.74, 6) is -0.266. The number of hydrogen-bond acceptors (Lipinski definition) is 5. The molecule has 1 atom stereocenters. The molecule has 0 spiro atoms. The molecule has 2 aromatic rings. The van der Waals surface area contributed by atoms with Crippen LogP contribution in [0.1, 0.15) is 40.5 Å². The summed E-state index contributed by atoms with van der Waals surface area (Å²) in [6, 6.07) is 3.15. The Labute approximate surface area is 110 Å². The summed E-state index contributed by atoms with van der Waals surface area (Å²) < 4.78 is 5.12. The lowest BCUT2D eigenvalue weighted by Crippen LogP contribution is -2.09. The first-order valence-electron chi connectivity index (χ1n) is 5.87. The van der Waals surface area contributed by atoms with Gasteiger partial charge in [-0.05, 0) is 32.9 Å². The van der Waals surface area contributed by atoms with E-state index in [-0.39, 0.29) is 11.7 Å². The van der Waals surface area contributed by atoms with E-state index in [9.17, 15) is 4.79 Å². The largest absolute Gasteiger partial charge is 0.477 e. The Balaban J connectivity index is 2.15. The quantitative estimate of drug-likeness (QED) is 0.879. The van der Waals surface area contributed by atoms with Gasteiger partial charge in [0.05, 0.1) is 23.6 Å². The highest BCUT2D eigenvalue weighted by atomic mass is 16.5. The summed E-state index contributed by atoms with van der Waals surface area (Å²) in [6.45, 7) is 5.73. The lowest BCUT2D eigenvalue weighted by atomic mass is 10.1. The second kappa shape index (κ2) is 5.09. The molecule has 2 heterocycles. The number of carbonyl (C=O) groups is 1. The molecule has 0 bridgehead atoms. The van der Waals surface area contributed by atoms with Gasteiger partial charge in [-0.2, -0.15) is 0 Å². The van der Waals surface area contributed by atoms with Crippen LogP contribution in [-0.2, 0) is 0 Å². The highest BCUT2D eigenvalue weighted by molar-refractivity contribution is 5.85. The van der Waals surface area contributed by atoms with E-state index in [0.29, 0.717) is 0 Å². The monoisotopic (exact) mass is 261 g/mol. The maximum absolute atomic E-state index is 10.7. The average Bonchev–Trinajstić information content (AvgIpc) is 2.69. The molecular formula is C13H15N3O3. The number of carboxylic acids is 1. The van der Waals surface area contributed by atoms with Crippen LogP contribution >= 0.6 is 0 Å². The van der Waals surface area contributed by atoms with Gasteiger partial charge in [-0.3, -0.25) is 0 Å². The Hall–Kier alpha value is -2.37. The summed E-state index contributed by atoms with van der Waals surface area (Å²) in [5.41, 5.74) is 2.61. The summed E-state index contributed by atoms with van der Waals surface area (Å²) in [6.07, 6.45) is 1.50. The first kappa shape index (κ1) is 13.1. The predicted octanol–water partition coefficient (Wildman–Crippen LogP) is 2.56. The molecule has 0 saturated carbocycles. The van der Waals surface area contributed by atoms with Crippen molar-refractivity contribution >= 4 is 11.7 Å². The fourth-order valence-electron chi connectivity index (χ4n) is 2.04. The molecule has 6 heteroatoms. The van der Waals surface area contributed by atoms with Gasteiger partial charge < -0.3 is 14.9 Å². The van der Waals surface area contributed by atoms with Crippen molar-refractivity contribution in [3.63, 3.8) is 0 Å². The standard InChI is InChI=1S/C13H15N3O3/c1-7(12-8(2)16-19-9(12)3)15-10-4-5-11(13(17)18)14-6-10/h4-7,15H,1-3H3,(H,17,18). The minimum atomic E-state index is -1.04. The van der Waals surface area contributed by atoms with Crippen LogP contribution < -0.4 is 5.32 Å². The van der Waals surface area contributed by atoms with Gasteiger partial charge in [0.1, 0.15) is 11.5 Å². The Kier molecular flexibility index (Phi) is 3.50. The number of pyridine rings is 1. The van der Waals surface area contributed by atoms with Crippen LogP contribution in [-0.4, -0.2) is 21.2 Å². The van der Waals surface area contributed by atoms with E-state index in [2.05, 4.69) is 15.5 Å². The van der Waals surface area contributed by atoms with Gasteiger partial charge in [-0.25, -0.2) is 9.78 Å². The fraction of sp³-hybridized carbons (Fsp3) is 0.308. The van der Waals surface area contributed by atoms with Crippen LogP contribution in [0.2, 0.25) is 0 Å². The maximum Gasteiger partial charge on any atom is 0.354 e. The summed E-state index contributed by atoms with van der Waals surface area (Å²) in [5, 5.41) is 15.9. The molecule has 0 aliphatic heterocycles. The second-order valence-electron chi connectivity index (χ2n) is 4.34. The van der Waals surface area contributed by atoms with Crippen LogP contribution in [0, 0.1) is 13.8 Å². The molecule has 2 aromatic heterocycles. The van der Waals surface area contributed by atoms with Crippen molar-refractivity contribution in [1.29, 1.82) is 0 Å². The fourth-order valence-corrected chi connectivity index (χ4v) is 2.04. The highest BCUT2D eigenvalue weighted by Crippen LogP contribution is 2.24. The van der Waals surface area contributed by atoms with Crippen molar-refractivity contribution in [1.82, 2.24) is 10.1 Å². The topological polar surface area (TPSA) is 88.2 Å². The van der Waals surface area contributed by atoms with Gasteiger partial charge in [0.15, 0.2) is 0 Å². The van der Waals surface area contributed by atoms with Crippen LogP contribution in [0.3, 0.4) is 0 Å². The highest BCUT2D eigenvalue weighted by Gasteiger charge is 2.16. The average molecular weight is 261 g/mol.